The number of pyridine rings is 1. The van der Waals surface area contributed by atoms with Crippen molar-refractivity contribution in [3.63, 3.8) is 0 Å². The number of amides is 1. The normalized spacial score (nSPS) is 19.3. The molecule has 0 saturated carbocycles. The second-order valence-electron chi connectivity index (χ2n) is 7.28. The van der Waals surface area contributed by atoms with Crippen LogP contribution in [-0.2, 0) is 11.3 Å². The number of nitrogens with zero attached hydrogens (tertiary/aromatic N) is 6. The van der Waals surface area contributed by atoms with Crippen LogP contribution in [0.4, 0.5) is 5.82 Å². The molecule has 27 heavy (non-hydrogen) atoms. The average Bonchev–Trinajstić information content (AvgIpc) is 2.75. The smallest absolute Gasteiger partial charge is 0.225 e. The van der Waals surface area contributed by atoms with Gasteiger partial charge in [-0.2, -0.15) is 0 Å². The first-order valence-corrected chi connectivity index (χ1v) is 9.70. The molecule has 4 heterocycles. The minimum absolute atomic E-state index is 0.143. The Labute approximate surface area is 160 Å². The van der Waals surface area contributed by atoms with Crippen molar-refractivity contribution in [3.8, 4) is 0 Å². The minimum atomic E-state index is 0.143. The van der Waals surface area contributed by atoms with Gasteiger partial charge in [-0.1, -0.05) is 0 Å². The van der Waals surface area contributed by atoms with Crippen molar-refractivity contribution in [1.29, 1.82) is 0 Å². The number of hydrogen-bond acceptors (Lipinski definition) is 6. The zero-order chi connectivity index (χ0) is 18.5. The molecule has 0 radical (unpaired) electrons. The Bertz CT molecular complexity index is 725. The summed E-state index contributed by atoms with van der Waals surface area (Å²) in [5, 5.41) is 0. The maximum absolute atomic E-state index is 12.9. The Morgan fingerprint density at radius 1 is 0.926 bits per heavy atom. The number of rotatable bonds is 4. The van der Waals surface area contributed by atoms with E-state index in [9.17, 15) is 4.79 Å². The van der Waals surface area contributed by atoms with E-state index in [1.54, 1.807) is 18.6 Å². The van der Waals surface area contributed by atoms with Gasteiger partial charge in [0.05, 0.1) is 6.20 Å². The minimum Gasteiger partial charge on any atom is -0.355 e. The average molecular weight is 366 g/mol. The van der Waals surface area contributed by atoms with E-state index in [1.165, 1.54) is 5.56 Å². The molecule has 2 aromatic rings. The first-order chi connectivity index (χ1) is 13.3. The highest BCUT2D eigenvalue weighted by molar-refractivity contribution is 5.79. The Hall–Kier alpha value is -2.54. The Morgan fingerprint density at radius 2 is 1.67 bits per heavy atom. The molecule has 4 rings (SSSR count). The third kappa shape index (κ3) is 4.42. The molecule has 0 N–H and O–H groups in total. The summed E-state index contributed by atoms with van der Waals surface area (Å²) >= 11 is 0. The molecule has 2 saturated heterocycles. The number of carbonyl (C=O) groups is 1. The van der Waals surface area contributed by atoms with Crippen molar-refractivity contribution in [1.82, 2.24) is 24.8 Å². The maximum atomic E-state index is 12.9. The Kier molecular flexibility index (Phi) is 5.58. The molecule has 1 amide bonds. The van der Waals surface area contributed by atoms with E-state index in [4.69, 9.17) is 0 Å². The van der Waals surface area contributed by atoms with Gasteiger partial charge in [-0.3, -0.25) is 19.7 Å². The number of piperidine rings is 1. The van der Waals surface area contributed by atoms with Crippen LogP contribution in [0.2, 0.25) is 0 Å². The fourth-order valence-electron chi connectivity index (χ4n) is 3.94. The van der Waals surface area contributed by atoms with Crippen LogP contribution >= 0.6 is 0 Å². The molecular formula is C20H26N6O. The molecule has 7 heteroatoms. The van der Waals surface area contributed by atoms with Crippen LogP contribution in [0.3, 0.4) is 0 Å². The quantitative estimate of drug-likeness (QED) is 0.816. The van der Waals surface area contributed by atoms with Crippen LogP contribution in [0.15, 0.2) is 43.1 Å². The monoisotopic (exact) mass is 366 g/mol. The highest BCUT2D eigenvalue weighted by atomic mass is 16.2. The molecule has 0 aromatic carbocycles. The molecule has 0 atom stereocenters. The van der Waals surface area contributed by atoms with Crippen LogP contribution in [0.5, 0.6) is 0 Å². The summed E-state index contributed by atoms with van der Waals surface area (Å²) in [6.07, 6.45) is 10.7. The number of hydrogen-bond donors (Lipinski definition) is 0. The summed E-state index contributed by atoms with van der Waals surface area (Å²) < 4.78 is 0. The van der Waals surface area contributed by atoms with E-state index in [0.29, 0.717) is 5.91 Å². The first-order valence-electron chi connectivity index (χ1n) is 9.70. The second-order valence-corrected chi connectivity index (χ2v) is 7.28. The molecule has 0 spiro atoms. The van der Waals surface area contributed by atoms with E-state index >= 15 is 0 Å². The van der Waals surface area contributed by atoms with Gasteiger partial charge in [-0.05, 0) is 30.5 Å². The Balaban J connectivity index is 1.24. The summed E-state index contributed by atoms with van der Waals surface area (Å²) in [5.74, 6) is 1.38. The second kappa shape index (κ2) is 8.43. The molecule has 2 fully saturated rings. The molecule has 7 nitrogen and oxygen atoms in total. The van der Waals surface area contributed by atoms with Crippen molar-refractivity contribution in [2.75, 3.05) is 44.2 Å². The van der Waals surface area contributed by atoms with Gasteiger partial charge in [-0.25, -0.2) is 4.98 Å². The summed E-state index contributed by atoms with van der Waals surface area (Å²) in [5.41, 5.74) is 1.28. The third-order valence-electron chi connectivity index (χ3n) is 5.56. The van der Waals surface area contributed by atoms with Gasteiger partial charge in [0.15, 0.2) is 0 Å². The van der Waals surface area contributed by atoms with Crippen LogP contribution in [0.25, 0.3) is 0 Å². The number of carbonyl (C=O) groups excluding carboxylic acids is 1. The largest absolute Gasteiger partial charge is 0.355 e. The van der Waals surface area contributed by atoms with Gasteiger partial charge < -0.3 is 9.80 Å². The molecule has 142 valence electrons. The van der Waals surface area contributed by atoms with Gasteiger partial charge in [0.1, 0.15) is 5.82 Å². The lowest BCUT2D eigenvalue weighted by Gasteiger charge is -2.38. The zero-order valence-corrected chi connectivity index (χ0v) is 15.6. The number of aromatic nitrogens is 3. The highest BCUT2D eigenvalue weighted by Gasteiger charge is 2.30. The lowest BCUT2D eigenvalue weighted by Crippen LogP contribution is -2.51. The summed E-state index contributed by atoms with van der Waals surface area (Å²) in [6, 6.07) is 4.12. The van der Waals surface area contributed by atoms with E-state index in [2.05, 4.69) is 41.8 Å². The van der Waals surface area contributed by atoms with Gasteiger partial charge in [-0.15, -0.1) is 0 Å². The molecule has 2 aromatic heterocycles. The van der Waals surface area contributed by atoms with Crippen LogP contribution in [0.1, 0.15) is 18.4 Å². The van der Waals surface area contributed by atoms with E-state index in [0.717, 1.165) is 64.5 Å². The van der Waals surface area contributed by atoms with Crippen molar-refractivity contribution < 1.29 is 4.79 Å². The van der Waals surface area contributed by atoms with E-state index in [1.807, 2.05) is 12.4 Å². The van der Waals surface area contributed by atoms with Crippen LogP contribution < -0.4 is 4.90 Å². The van der Waals surface area contributed by atoms with Gasteiger partial charge in [0.2, 0.25) is 5.91 Å². The van der Waals surface area contributed by atoms with Crippen LogP contribution in [0, 0.1) is 5.92 Å². The SMILES string of the molecule is O=C(C1CCN(c2cnccn2)CC1)N1CCN(Cc2ccncc2)CC1. The Morgan fingerprint density at radius 3 is 2.33 bits per heavy atom. The number of piperazine rings is 1. The van der Waals surface area contributed by atoms with Crippen molar-refractivity contribution >= 4 is 11.7 Å². The van der Waals surface area contributed by atoms with Crippen molar-refractivity contribution in [3.05, 3.63) is 48.7 Å². The molecule has 0 bridgehead atoms. The third-order valence-corrected chi connectivity index (χ3v) is 5.56. The summed E-state index contributed by atoms with van der Waals surface area (Å²) in [4.78, 5) is 32.2. The topological polar surface area (TPSA) is 65.5 Å². The summed E-state index contributed by atoms with van der Waals surface area (Å²) in [6.45, 7) is 6.21. The standard InChI is InChI=1S/C20H26N6O/c27-20(18-3-9-25(10-4-18)19-15-22-7-8-23-19)26-13-11-24(12-14-26)16-17-1-5-21-6-2-17/h1-2,5-8,15,18H,3-4,9-14,16H2. The van der Waals surface area contributed by atoms with E-state index in [-0.39, 0.29) is 5.92 Å². The van der Waals surface area contributed by atoms with Gasteiger partial charge in [0, 0.05) is 76.5 Å². The summed E-state index contributed by atoms with van der Waals surface area (Å²) in [7, 11) is 0. The van der Waals surface area contributed by atoms with Gasteiger partial charge >= 0.3 is 0 Å². The fraction of sp³-hybridized carbons (Fsp3) is 0.500. The lowest BCUT2D eigenvalue weighted by atomic mass is 9.95. The van der Waals surface area contributed by atoms with E-state index < -0.39 is 0 Å². The molecular weight excluding hydrogens is 340 g/mol. The first kappa shape index (κ1) is 17.9. The predicted molar refractivity (Wildman–Crippen MR) is 103 cm³/mol. The predicted octanol–water partition coefficient (Wildman–Crippen LogP) is 1.43. The van der Waals surface area contributed by atoms with Crippen molar-refractivity contribution in [2.45, 2.75) is 19.4 Å². The fourth-order valence-corrected chi connectivity index (χ4v) is 3.94. The van der Waals surface area contributed by atoms with Crippen LogP contribution in [-0.4, -0.2) is 69.9 Å². The molecule has 2 aliphatic rings. The highest BCUT2D eigenvalue weighted by Crippen LogP contribution is 2.23. The lowest BCUT2D eigenvalue weighted by molar-refractivity contribution is -0.138. The zero-order valence-electron chi connectivity index (χ0n) is 15.6. The maximum Gasteiger partial charge on any atom is 0.225 e. The number of anilines is 1. The molecule has 0 unspecified atom stereocenters. The van der Waals surface area contributed by atoms with Gasteiger partial charge in [0.25, 0.3) is 0 Å². The molecule has 2 aliphatic heterocycles. The van der Waals surface area contributed by atoms with Crippen molar-refractivity contribution in [2.24, 2.45) is 5.92 Å². The molecule has 0 aliphatic carbocycles.